The number of carbonyl (C=O) groups excluding carboxylic acids is 2. The van der Waals surface area contributed by atoms with Gasteiger partial charge in [-0.1, -0.05) is 217 Å². The standard InChI is InChI=1S/C53H96O5/c1-3-5-7-9-11-13-15-17-19-21-23-24-25-26-27-28-30-31-33-35-37-39-41-43-45-47-52(55)57-50-51(49-54)58-53(56)48-46-44-42-40-38-36-34-32-29-22-20-18-16-14-12-10-8-6-4-2/h12,14,18,20-21,23,29,32,51,54H,3-11,13,15-17,19,22,24-28,30-31,33-50H2,1-2H3/b14-12-,20-18-,23-21-,32-29-. The summed E-state index contributed by atoms with van der Waals surface area (Å²) in [5.74, 6) is -0.598. The summed E-state index contributed by atoms with van der Waals surface area (Å²) in [5.41, 5.74) is 0. The largest absolute Gasteiger partial charge is 0.462 e. The average Bonchev–Trinajstić information content (AvgIpc) is 3.23. The molecule has 0 aromatic rings. The maximum absolute atomic E-state index is 12.2. The highest BCUT2D eigenvalue weighted by Gasteiger charge is 2.16. The van der Waals surface area contributed by atoms with Crippen LogP contribution in [0.4, 0.5) is 0 Å². The minimum atomic E-state index is -0.779. The molecule has 0 spiro atoms. The van der Waals surface area contributed by atoms with Crippen molar-refractivity contribution in [2.24, 2.45) is 0 Å². The van der Waals surface area contributed by atoms with Crippen LogP contribution in [0, 0.1) is 0 Å². The van der Waals surface area contributed by atoms with Gasteiger partial charge in [-0.15, -0.1) is 0 Å². The van der Waals surface area contributed by atoms with Crippen LogP contribution in [0.3, 0.4) is 0 Å². The molecule has 5 heteroatoms. The van der Waals surface area contributed by atoms with Gasteiger partial charge < -0.3 is 14.6 Å². The first-order valence-electron chi connectivity index (χ1n) is 25.2. The molecule has 1 unspecified atom stereocenters. The van der Waals surface area contributed by atoms with E-state index in [1.807, 2.05) is 0 Å². The molecule has 5 nitrogen and oxygen atoms in total. The van der Waals surface area contributed by atoms with E-state index in [9.17, 15) is 14.7 Å². The van der Waals surface area contributed by atoms with Crippen molar-refractivity contribution in [2.75, 3.05) is 13.2 Å². The molecule has 338 valence electrons. The molecule has 0 heterocycles. The first-order chi connectivity index (χ1) is 28.6. The van der Waals surface area contributed by atoms with Crippen LogP contribution in [0.25, 0.3) is 0 Å². The SMILES string of the molecule is CCCCC/C=C\C/C=C\C/C=C\CCCCCCCCC(=O)OC(CO)COC(=O)CCCCCCCCCCCCCCC/C=C\CCCCCCCCCC. The van der Waals surface area contributed by atoms with Crippen molar-refractivity contribution < 1.29 is 24.2 Å². The number of allylic oxidation sites excluding steroid dienone is 8. The van der Waals surface area contributed by atoms with Gasteiger partial charge in [-0.2, -0.15) is 0 Å². The Labute approximate surface area is 360 Å². The zero-order valence-electron chi connectivity index (χ0n) is 38.6. The number of hydrogen-bond acceptors (Lipinski definition) is 5. The molecule has 0 aliphatic carbocycles. The molecule has 0 bridgehead atoms. The van der Waals surface area contributed by atoms with Crippen molar-refractivity contribution in [3.63, 3.8) is 0 Å². The molecule has 0 fully saturated rings. The smallest absolute Gasteiger partial charge is 0.306 e. The molecule has 0 aromatic carbocycles. The number of ether oxygens (including phenoxy) is 2. The molecule has 0 amide bonds. The lowest BCUT2D eigenvalue weighted by Gasteiger charge is -2.15. The predicted octanol–water partition coefficient (Wildman–Crippen LogP) is 16.5. The van der Waals surface area contributed by atoms with Crippen molar-refractivity contribution in [3.8, 4) is 0 Å². The number of rotatable bonds is 46. The molecule has 0 aromatic heterocycles. The van der Waals surface area contributed by atoms with Crippen LogP contribution in [0.5, 0.6) is 0 Å². The van der Waals surface area contributed by atoms with Gasteiger partial charge in [0.1, 0.15) is 6.61 Å². The fourth-order valence-corrected chi connectivity index (χ4v) is 7.26. The maximum Gasteiger partial charge on any atom is 0.306 e. The number of hydrogen-bond donors (Lipinski definition) is 1. The molecule has 0 saturated carbocycles. The van der Waals surface area contributed by atoms with Gasteiger partial charge in [-0.3, -0.25) is 9.59 Å². The van der Waals surface area contributed by atoms with Crippen LogP contribution >= 0.6 is 0 Å². The second-order valence-electron chi connectivity index (χ2n) is 16.9. The number of aliphatic hydroxyl groups excluding tert-OH is 1. The minimum Gasteiger partial charge on any atom is -0.462 e. The quantitative estimate of drug-likeness (QED) is 0.0376. The van der Waals surface area contributed by atoms with Crippen molar-refractivity contribution in [1.82, 2.24) is 0 Å². The van der Waals surface area contributed by atoms with Crippen LogP contribution in [-0.2, 0) is 19.1 Å². The van der Waals surface area contributed by atoms with Gasteiger partial charge in [0.15, 0.2) is 6.10 Å². The minimum absolute atomic E-state index is 0.0703. The lowest BCUT2D eigenvalue weighted by atomic mass is 10.0. The summed E-state index contributed by atoms with van der Waals surface area (Å²) in [7, 11) is 0. The Morgan fingerprint density at radius 1 is 0.397 bits per heavy atom. The average molecular weight is 813 g/mol. The van der Waals surface area contributed by atoms with Crippen molar-refractivity contribution >= 4 is 11.9 Å². The summed E-state index contributed by atoms with van der Waals surface area (Å²) in [5, 5.41) is 9.62. The van der Waals surface area contributed by atoms with Crippen molar-refractivity contribution in [2.45, 2.75) is 264 Å². The molecular formula is C53H96O5. The van der Waals surface area contributed by atoms with E-state index in [4.69, 9.17) is 9.47 Å². The fraction of sp³-hybridized carbons (Fsp3) is 0.811. The molecule has 0 saturated heterocycles. The van der Waals surface area contributed by atoms with Gasteiger partial charge in [-0.25, -0.2) is 0 Å². The van der Waals surface area contributed by atoms with Crippen LogP contribution in [0.1, 0.15) is 258 Å². The Morgan fingerprint density at radius 3 is 1.09 bits per heavy atom. The highest BCUT2D eigenvalue weighted by molar-refractivity contribution is 5.70. The number of aliphatic hydroxyl groups is 1. The second kappa shape index (κ2) is 49.2. The van der Waals surface area contributed by atoms with E-state index in [-0.39, 0.29) is 25.2 Å². The lowest BCUT2D eigenvalue weighted by molar-refractivity contribution is -0.161. The summed E-state index contributed by atoms with van der Waals surface area (Å²) in [4.78, 5) is 24.4. The lowest BCUT2D eigenvalue weighted by Crippen LogP contribution is -2.28. The van der Waals surface area contributed by atoms with Crippen LogP contribution in [0.2, 0.25) is 0 Å². The molecule has 1 atom stereocenters. The molecule has 0 aliphatic heterocycles. The van der Waals surface area contributed by atoms with Gasteiger partial charge >= 0.3 is 11.9 Å². The molecule has 0 rings (SSSR count). The molecule has 0 aliphatic rings. The van der Waals surface area contributed by atoms with Crippen LogP contribution < -0.4 is 0 Å². The summed E-state index contributed by atoms with van der Waals surface area (Å²) in [6.45, 7) is 4.12. The van der Waals surface area contributed by atoms with E-state index in [2.05, 4.69) is 62.5 Å². The Hall–Kier alpha value is -2.14. The van der Waals surface area contributed by atoms with Crippen LogP contribution in [0.15, 0.2) is 48.6 Å². The van der Waals surface area contributed by atoms with Gasteiger partial charge in [-0.05, 0) is 77.0 Å². The summed E-state index contributed by atoms with van der Waals surface area (Å²) in [6.07, 6.45) is 63.4. The number of carbonyl (C=O) groups is 2. The molecule has 58 heavy (non-hydrogen) atoms. The van der Waals surface area contributed by atoms with E-state index in [1.54, 1.807) is 0 Å². The molecule has 1 N–H and O–H groups in total. The first kappa shape index (κ1) is 55.9. The van der Waals surface area contributed by atoms with E-state index < -0.39 is 6.10 Å². The Balaban J connectivity index is 3.50. The summed E-state index contributed by atoms with van der Waals surface area (Å²) < 4.78 is 10.7. The predicted molar refractivity (Wildman–Crippen MR) is 251 cm³/mol. The summed E-state index contributed by atoms with van der Waals surface area (Å²) >= 11 is 0. The van der Waals surface area contributed by atoms with Crippen LogP contribution in [-0.4, -0.2) is 36.4 Å². The molecular weight excluding hydrogens is 717 g/mol. The van der Waals surface area contributed by atoms with Crippen molar-refractivity contribution in [1.29, 1.82) is 0 Å². The van der Waals surface area contributed by atoms with E-state index in [0.717, 1.165) is 57.8 Å². The highest BCUT2D eigenvalue weighted by atomic mass is 16.6. The third-order valence-corrected chi connectivity index (χ3v) is 11.1. The van der Waals surface area contributed by atoms with E-state index in [1.165, 1.54) is 173 Å². The topological polar surface area (TPSA) is 72.8 Å². The zero-order chi connectivity index (χ0) is 42.1. The Kier molecular flexibility index (Phi) is 47.4. The first-order valence-corrected chi connectivity index (χ1v) is 25.2. The van der Waals surface area contributed by atoms with E-state index in [0.29, 0.717) is 12.8 Å². The van der Waals surface area contributed by atoms with Crippen molar-refractivity contribution in [3.05, 3.63) is 48.6 Å². The molecule has 0 radical (unpaired) electrons. The van der Waals surface area contributed by atoms with Gasteiger partial charge in [0, 0.05) is 12.8 Å². The third-order valence-electron chi connectivity index (χ3n) is 11.1. The normalized spacial score (nSPS) is 12.5. The fourth-order valence-electron chi connectivity index (χ4n) is 7.26. The van der Waals surface area contributed by atoms with Gasteiger partial charge in [0.05, 0.1) is 6.61 Å². The third kappa shape index (κ3) is 46.5. The van der Waals surface area contributed by atoms with Gasteiger partial charge in [0.25, 0.3) is 0 Å². The Bertz CT molecular complexity index is 966. The Morgan fingerprint density at radius 2 is 0.690 bits per heavy atom. The number of unbranched alkanes of at least 4 members (excludes halogenated alkanes) is 30. The highest BCUT2D eigenvalue weighted by Crippen LogP contribution is 2.15. The maximum atomic E-state index is 12.2. The summed E-state index contributed by atoms with van der Waals surface area (Å²) in [6, 6.07) is 0. The van der Waals surface area contributed by atoms with E-state index >= 15 is 0 Å². The monoisotopic (exact) mass is 813 g/mol. The van der Waals surface area contributed by atoms with Gasteiger partial charge in [0.2, 0.25) is 0 Å². The zero-order valence-corrected chi connectivity index (χ0v) is 38.6. The number of esters is 2. The second-order valence-corrected chi connectivity index (χ2v) is 16.9.